The fourth-order valence-corrected chi connectivity index (χ4v) is 3.28. The number of rotatable bonds is 4. The molecule has 126 valence electrons. The first-order chi connectivity index (χ1) is 12.2. The summed E-state index contributed by atoms with van der Waals surface area (Å²) in [6.45, 7) is 2.19. The van der Waals surface area contributed by atoms with Crippen molar-refractivity contribution in [3.8, 4) is 16.9 Å². The van der Waals surface area contributed by atoms with E-state index in [4.69, 9.17) is 0 Å². The van der Waals surface area contributed by atoms with E-state index in [0.717, 1.165) is 30.0 Å². The quantitative estimate of drug-likeness (QED) is 0.788. The van der Waals surface area contributed by atoms with Crippen molar-refractivity contribution in [2.24, 2.45) is 0 Å². The summed E-state index contributed by atoms with van der Waals surface area (Å²) in [6, 6.07) is 19.5. The Bertz CT molecular complexity index is 879. The minimum Gasteiger partial charge on any atom is -0.476 e. The van der Waals surface area contributed by atoms with Gasteiger partial charge >= 0.3 is 5.97 Å². The van der Waals surface area contributed by atoms with Crippen molar-refractivity contribution in [3.05, 3.63) is 66.4 Å². The largest absolute Gasteiger partial charge is 0.476 e. The minimum atomic E-state index is -1.02. The molecule has 1 saturated heterocycles. The van der Waals surface area contributed by atoms with Crippen molar-refractivity contribution >= 4 is 11.7 Å². The molecule has 25 heavy (non-hydrogen) atoms. The molecule has 5 heteroatoms. The Hall–Kier alpha value is -3.08. The highest BCUT2D eigenvalue weighted by molar-refractivity contribution is 5.87. The number of hydrogen-bond acceptors (Lipinski definition) is 3. The lowest BCUT2D eigenvalue weighted by Gasteiger charge is -2.18. The van der Waals surface area contributed by atoms with Crippen LogP contribution in [0.15, 0.2) is 60.7 Å². The fourth-order valence-electron chi connectivity index (χ4n) is 3.28. The van der Waals surface area contributed by atoms with Crippen molar-refractivity contribution in [1.29, 1.82) is 0 Å². The second kappa shape index (κ2) is 6.43. The van der Waals surface area contributed by atoms with E-state index in [1.165, 1.54) is 18.5 Å². The standard InChI is InChI=1S/C20H19N3O2/c24-20(25)18-14-19(15-6-2-1-3-7-15)23(21-18)17-10-8-16(9-11-17)22-12-4-5-13-22/h1-3,6-11,14H,4-5,12-13H2,(H,24,25). The van der Waals surface area contributed by atoms with Gasteiger partial charge in [0.15, 0.2) is 5.69 Å². The van der Waals surface area contributed by atoms with E-state index in [-0.39, 0.29) is 5.69 Å². The van der Waals surface area contributed by atoms with Crippen molar-refractivity contribution in [3.63, 3.8) is 0 Å². The number of carboxylic acid groups (broad SMARTS) is 1. The number of carboxylic acids is 1. The van der Waals surface area contributed by atoms with Gasteiger partial charge in [0.2, 0.25) is 0 Å². The van der Waals surface area contributed by atoms with Crippen LogP contribution in [0.2, 0.25) is 0 Å². The number of benzene rings is 2. The Labute approximate surface area is 146 Å². The number of nitrogens with zero attached hydrogens (tertiary/aromatic N) is 3. The second-order valence-corrected chi connectivity index (χ2v) is 6.21. The first kappa shape index (κ1) is 15.4. The summed E-state index contributed by atoms with van der Waals surface area (Å²) in [5.74, 6) is -1.02. The molecule has 1 aliphatic rings. The maximum Gasteiger partial charge on any atom is 0.356 e. The molecular weight excluding hydrogens is 314 g/mol. The van der Waals surface area contributed by atoms with Crippen LogP contribution < -0.4 is 4.90 Å². The average Bonchev–Trinajstić information content (AvgIpc) is 3.33. The molecule has 0 amide bonds. The van der Waals surface area contributed by atoms with Crippen LogP contribution in [0.5, 0.6) is 0 Å². The maximum absolute atomic E-state index is 11.4. The van der Waals surface area contributed by atoms with Gasteiger partial charge in [-0.3, -0.25) is 0 Å². The van der Waals surface area contributed by atoms with E-state index >= 15 is 0 Å². The smallest absolute Gasteiger partial charge is 0.356 e. The van der Waals surface area contributed by atoms with E-state index in [9.17, 15) is 9.90 Å². The Morgan fingerprint density at radius 1 is 0.920 bits per heavy atom. The van der Waals surface area contributed by atoms with Crippen LogP contribution in [0.4, 0.5) is 5.69 Å². The molecule has 5 nitrogen and oxygen atoms in total. The Morgan fingerprint density at radius 2 is 1.56 bits per heavy atom. The highest BCUT2D eigenvalue weighted by Gasteiger charge is 2.17. The minimum absolute atomic E-state index is 0.0440. The Balaban J connectivity index is 1.75. The molecule has 1 N–H and O–H groups in total. The summed E-state index contributed by atoms with van der Waals surface area (Å²) in [7, 11) is 0. The van der Waals surface area contributed by atoms with E-state index in [2.05, 4.69) is 22.1 Å². The molecule has 1 fully saturated rings. The third-order valence-electron chi connectivity index (χ3n) is 4.56. The summed E-state index contributed by atoms with van der Waals surface area (Å²) in [6.07, 6.45) is 2.47. The van der Waals surface area contributed by atoms with Crippen LogP contribution in [0.25, 0.3) is 16.9 Å². The van der Waals surface area contributed by atoms with E-state index in [1.807, 2.05) is 42.5 Å². The Morgan fingerprint density at radius 3 is 2.20 bits per heavy atom. The second-order valence-electron chi connectivity index (χ2n) is 6.21. The van der Waals surface area contributed by atoms with Crippen LogP contribution in [0.1, 0.15) is 23.3 Å². The molecule has 0 bridgehead atoms. The molecule has 0 aliphatic carbocycles. The predicted octanol–water partition coefficient (Wildman–Crippen LogP) is 3.84. The van der Waals surface area contributed by atoms with E-state index < -0.39 is 5.97 Å². The van der Waals surface area contributed by atoms with Crippen molar-refractivity contribution < 1.29 is 9.90 Å². The lowest BCUT2D eigenvalue weighted by Crippen LogP contribution is -2.17. The molecular formula is C20H19N3O2. The van der Waals surface area contributed by atoms with E-state index in [0.29, 0.717) is 0 Å². The van der Waals surface area contributed by atoms with Gasteiger partial charge in [-0.2, -0.15) is 5.10 Å². The van der Waals surface area contributed by atoms with Crippen LogP contribution in [-0.4, -0.2) is 33.9 Å². The number of anilines is 1. The topological polar surface area (TPSA) is 58.4 Å². The van der Waals surface area contributed by atoms with Gasteiger partial charge in [0.25, 0.3) is 0 Å². The molecule has 0 spiro atoms. The number of carbonyl (C=O) groups is 1. The molecule has 0 atom stereocenters. The van der Waals surface area contributed by atoms with E-state index in [1.54, 1.807) is 10.7 Å². The van der Waals surface area contributed by atoms with Gasteiger partial charge in [-0.1, -0.05) is 30.3 Å². The van der Waals surface area contributed by atoms with Crippen molar-refractivity contribution in [2.45, 2.75) is 12.8 Å². The zero-order chi connectivity index (χ0) is 17.2. The molecule has 2 heterocycles. The third kappa shape index (κ3) is 3.01. The zero-order valence-corrected chi connectivity index (χ0v) is 13.8. The lowest BCUT2D eigenvalue weighted by molar-refractivity contribution is 0.0690. The molecule has 4 rings (SSSR count). The van der Waals surface area contributed by atoms with Crippen LogP contribution in [0, 0.1) is 0 Å². The van der Waals surface area contributed by atoms with Gasteiger partial charge in [-0.15, -0.1) is 0 Å². The summed E-state index contributed by atoms with van der Waals surface area (Å²) >= 11 is 0. The summed E-state index contributed by atoms with van der Waals surface area (Å²) in [4.78, 5) is 13.7. The molecule has 0 radical (unpaired) electrons. The van der Waals surface area contributed by atoms with Crippen LogP contribution >= 0.6 is 0 Å². The molecule has 1 aromatic heterocycles. The van der Waals surface area contributed by atoms with Crippen molar-refractivity contribution in [2.75, 3.05) is 18.0 Å². The van der Waals surface area contributed by atoms with Gasteiger partial charge in [-0.05, 0) is 43.2 Å². The highest BCUT2D eigenvalue weighted by atomic mass is 16.4. The molecule has 2 aromatic carbocycles. The van der Waals surface area contributed by atoms with Gasteiger partial charge < -0.3 is 10.0 Å². The normalized spacial score (nSPS) is 14.0. The molecule has 0 unspecified atom stereocenters. The number of aromatic nitrogens is 2. The molecule has 0 saturated carbocycles. The molecule has 3 aromatic rings. The zero-order valence-electron chi connectivity index (χ0n) is 13.8. The maximum atomic E-state index is 11.4. The van der Waals surface area contributed by atoms with Crippen LogP contribution in [0.3, 0.4) is 0 Å². The number of hydrogen-bond donors (Lipinski definition) is 1. The fraction of sp³-hybridized carbons (Fsp3) is 0.200. The SMILES string of the molecule is O=C(O)c1cc(-c2ccccc2)n(-c2ccc(N3CCCC3)cc2)n1. The lowest BCUT2D eigenvalue weighted by atomic mass is 10.1. The summed E-state index contributed by atoms with van der Waals surface area (Å²) < 4.78 is 1.70. The van der Waals surface area contributed by atoms with Gasteiger partial charge in [0.05, 0.1) is 11.4 Å². The monoisotopic (exact) mass is 333 g/mol. The highest BCUT2D eigenvalue weighted by Crippen LogP contribution is 2.26. The average molecular weight is 333 g/mol. The van der Waals surface area contributed by atoms with Gasteiger partial charge in [-0.25, -0.2) is 9.48 Å². The first-order valence-corrected chi connectivity index (χ1v) is 8.46. The molecule has 1 aliphatic heterocycles. The third-order valence-corrected chi connectivity index (χ3v) is 4.56. The van der Waals surface area contributed by atoms with Gasteiger partial charge in [0, 0.05) is 24.3 Å². The van der Waals surface area contributed by atoms with Crippen LogP contribution in [-0.2, 0) is 0 Å². The summed E-state index contributed by atoms with van der Waals surface area (Å²) in [5.41, 5.74) is 3.81. The van der Waals surface area contributed by atoms with Gasteiger partial charge in [0.1, 0.15) is 0 Å². The number of aromatic carboxylic acids is 1. The predicted molar refractivity (Wildman–Crippen MR) is 97.4 cm³/mol. The Kier molecular flexibility index (Phi) is 3.98. The van der Waals surface area contributed by atoms with Crippen molar-refractivity contribution in [1.82, 2.24) is 9.78 Å². The first-order valence-electron chi connectivity index (χ1n) is 8.46. The summed E-state index contributed by atoms with van der Waals surface area (Å²) in [5, 5.41) is 13.6.